The third-order valence-corrected chi connectivity index (χ3v) is 5.35. The molecule has 0 fully saturated rings. The SMILES string of the molecule is O=C(O)C1CCc2ccc(Oc3ccccc3-c3c(F)c(F)c(F)c(F)c3F)cc2C1. The second kappa shape index (κ2) is 8.02. The molecule has 8 heteroatoms. The van der Waals surface area contributed by atoms with Crippen molar-refractivity contribution in [2.45, 2.75) is 19.3 Å². The molecule has 1 atom stereocenters. The van der Waals surface area contributed by atoms with Gasteiger partial charge in [0, 0.05) is 5.56 Å². The number of rotatable bonds is 4. The number of fused-ring (bicyclic) bond motifs is 1. The van der Waals surface area contributed by atoms with Crippen molar-refractivity contribution in [3.8, 4) is 22.6 Å². The lowest BCUT2D eigenvalue weighted by Gasteiger charge is -2.22. The molecular weight excluding hydrogens is 419 g/mol. The van der Waals surface area contributed by atoms with Crippen LogP contribution in [0, 0.1) is 35.0 Å². The van der Waals surface area contributed by atoms with Crippen LogP contribution in [-0.4, -0.2) is 11.1 Å². The molecule has 3 aromatic rings. The zero-order valence-electron chi connectivity index (χ0n) is 15.9. The van der Waals surface area contributed by atoms with Crippen molar-refractivity contribution < 1.29 is 36.6 Å². The minimum absolute atomic E-state index is 0.115. The summed E-state index contributed by atoms with van der Waals surface area (Å²) < 4.78 is 75.1. The number of benzene rings is 3. The number of carboxylic acids is 1. The fourth-order valence-electron chi connectivity index (χ4n) is 3.74. The molecular formula is C23H15F5O3. The largest absolute Gasteiger partial charge is 0.481 e. The minimum atomic E-state index is -2.24. The molecule has 1 unspecified atom stereocenters. The van der Waals surface area contributed by atoms with Gasteiger partial charge in [0.1, 0.15) is 11.5 Å². The van der Waals surface area contributed by atoms with Crippen LogP contribution < -0.4 is 4.74 Å². The molecule has 3 aromatic carbocycles. The van der Waals surface area contributed by atoms with E-state index in [1.807, 2.05) is 0 Å². The molecule has 1 aliphatic carbocycles. The molecule has 1 N–H and O–H groups in total. The second-order valence-electron chi connectivity index (χ2n) is 7.25. The van der Waals surface area contributed by atoms with Gasteiger partial charge in [-0.05, 0) is 48.6 Å². The Balaban J connectivity index is 1.74. The van der Waals surface area contributed by atoms with Gasteiger partial charge < -0.3 is 9.84 Å². The van der Waals surface area contributed by atoms with Crippen molar-refractivity contribution in [1.82, 2.24) is 0 Å². The van der Waals surface area contributed by atoms with Crippen LogP contribution in [0.4, 0.5) is 22.0 Å². The third kappa shape index (κ3) is 3.73. The van der Waals surface area contributed by atoms with Crippen LogP contribution in [0.2, 0.25) is 0 Å². The van der Waals surface area contributed by atoms with E-state index < -0.39 is 46.5 Å². The van der Waals surface area contributed by atoms with Gasteiger partial charge in [-0.15, -0.1) is 0 Å². The van der Waals surface area contributed by atoms with Gasteiger partial charge in [-0.3, -0.25) is 4.79 Å². The van der Waals surface area contributed by atoms with Gasteiger partial charge in [0.05, 0.1) is 11.5 Å². The first-order valence-electron chi connectivity index (χ1n) is 9.41. The van der Waals surface area contributed by atoms with Gasteiger partial charge in [-0.25, -0.2) is 22.0 Å². The maximum Gasteiger partial charge on any atom is 0.306 e. The van der Waals surface area contributed by atoms with Gasteiger partial charge in [-0.2, -0.15) is 0 Å². The van der Waals surface area contributed by atoms with Crippen LogP contribution >= 0.6 is 0 Å². The van der Waals surface area contributed by atoms with Crippen LogP contribution in [0.5, 0.6) is 11.5 Å². The Morgan fingerprint density at radius 3 is 2.19 bits per heavy atom. The molecule has 0 radical (unpaired) electrons. The van der Waals surface area contributed by atoms with Gasteiger partial charge >= 0.3 is 5.97 Å². The van der Waals surface area contributed by atoms with Crippen LogP contribution in [0.1, 0.15) is 17.5 Å². The number of carbonyl (C=O) groups is 1. The third-order valence-electron chi connectivity index (χ3n) is 5.35. The highest BCUT2D eigenvalue weighted by Gasteiger charge is 2.28. The van der Waals surface area contributed by atoms with Crippen LogP contribution in [0.3, 0.4) is 0 Å². The monoisotopic (exact) mass is 434 g/mol. The number of aliphatic carboxylic acids is 1. The Bertz CT molecular complexity index is 1160. The molecule has 1 aliphatic rings. The zero-order valence-corrected chi connectivity index (χ0v) is 15.9. The standard InChI is InChI=1S/C23H15F5O3/c24-18-17(19(25)21(27)22(28)20(18)26)15-3-1-2-4-16(15)31-14-8-7-11-5-6-12(23(29)30)9-13(11)10-14/h1-4,7-8,10,12H,5-6,9H2,(H,29,30). The van der Waals surface area contributed by atoms with Crippen LogP contribution in [0.25, 0.3) is 11.1 Å². The summed E-state index contributed by atoms with van der Waals surface area (Å²) in [5.41, 5.74) is 0.343. The van der Waals surface area contributed by atoms with Gasteiger partial charge in [0.2, 0.25) is 5.82 Å². The molecule has 31 heavy (non-hydrogen) atoms. The summed E-state index contributed by atoms with van der Waals surface area (Å²) in [6, 6.07) is 10.4. The highest BCUT2D eigenvalue weighted by molar-refractivity contribution is 5.73. The molecule has 0 saturated heterocycles. The van der Waals surface area contributed by atoms with Crippen molar-refractivity contribution in [2.24, 2.45) is 5.92 Å². The van der Waals surface area contributed by atoms with E-state index in [4.69, 9.17) is 4.74 Å². The second-order valence-corrected chi connectivity index (χ2v) is 7.25. The van der Waals surface area contributed by atoms with E-state index in [-0.39, 0.29) is 17.1 Å². The maximum atomic E-state index is 14.3. The normalized spacial score (nSPS) is 15.5. The molecule has 160 valence electrons. The van der Waals surface area contributed by atoms with Crippen LogP contribution in [0.15, 0.2) is 42.5 Å². The first kappa shape index (κ1) is 20.8. The van der Waals surface area contributed by atoms with Gasteiger partial charge in [-0.1, -0.05) is 24.3 Å². The Morgan fingerprint density at radius 1 is 0.871 bits per heavy atom. The molecule has 0 bridgehead atoms. The first-order chi connectivity index (χ1) is 14.8. The average Bonchev–Trinajstić information content (AvgIpc) is 2.77. The van der Waals surface area contributed by atoms with E-state index in [2.05, 4.69) is 0 Å². The van der Waals surface area contributed by atoms with Gasteiger partial charge in [0.25, 0.3) is 0 Å². The summed E-state index contributed by atoms with van der Waals surface area (Å²) in [5.74, 6) is -11.5. The molecule has 3 nitrogen and oxygen atoms in total. The minimum Gasteiger partial charge on any atom is -0.481 e. The lowest BCUT2D eigenvalue weighted by atomic mass is 9.84. The Kier molecular flexibility index (Phi) is 5.39. The summed E-state index contributed by atoms with van der Waals surface area (Å²) in [6.45, 7) is 0. The topological polar surface area (TPSA) is 46.5 Å². The fourth-order valence-corrected chi connectivity index (χ4v) is 3.74. The number of hydrogen-bond acceptors (Lipinski definition) is 2. The van der Waals surface area contributed by atoms with Crippen molar-refractivity contribution in [3.63, 3.8) is 0 Å². The summed E-state index contributed by atoms with van der Waals surface area (Å²) >= 11 is 0. The number of aryl methyl sites for hydroxylation is 1. The number of ether oxygens (including phenoxy) is 1. The summed E-state index contributed by atoms with van der Waals surface area (Å²) in [7, 11) is 0. The van der Waals surface area contributed by atoms with Crippen molar-refractivity contribution >= 4 is 5.97 Å². The van der Waals surface area contributed by atoms with Crippen LogP contribution in [-0.2, 0) is 17.6 Å². The quantitative estimate of drug-likeness (QED) is 0.310. The summed E-state index contributed by atoms with van der Waals surface area (Å²) in [6.07, 6.45) is 1.42. The lowest BCUT2D eigenvalue weighted by Crippen LogP contribution is -2.22. The van der Waals surface area contributed by atoms with E-state index in [1.165, 1.54) is 24.3 Å². The predicted molar refractivity (Wildman–Crippen MR) is 101 cm³/mol. The molecule has 0 saturated carbocycles. The van der Waals surface area contributed by atoms with Gasteiger partial charge in [0.15, 0.2) is 23.3 Å². The highest BCUT2D eigenvalue weighted by atomic mass is 19.2. The molecule has 0 amide bonds. The Hall–Kier alpha value is -3.42. The fraction of sp³-hybridized carbons (Fsp3) is 0.174. The maximum absolute atomic E-state index is 14.3. The van der Waals surface area contributed by atoms with Crippen molar-refractivity contribution in [2.75, 3.05) is 0 Å². The number of carboxylic acid groups (broad SMARTS) is 1. The first-order valence-corrected chi connectivity index (χ1v) is 9.41. The lowest BCUT2D eigenvalue weighted by molar-refractivity contribution is -0.142. The average molecular weight is 434 g/mol. The van der Waals surface area contributed by atoms with E-state index >= 15 is 0 Å². The van der Waals surface area contributed by atoms with E-state index in [0.717, 1.165) is 11.1 Å². The van der Waals surface area contributed by atoms with E-state index in [9.17, 15) is 31.9 Å². The van der Waals surface area contributed by atoms with Crippen molar-refractivity contribution in [3.05, 3.63) is 82.7 Å². The summed E-state index contributed by atoms with van der Waals surface area (Å²) in [5, 5.41) is 9.26. The smallest absolute Gasteiger partial charge is 0.306 e. The number of halogens is 5. The predicted octanol–water partition coefficient (Wildman–Crippen LogP) is 6.03. The number of para-hydroxylation sites is 1. The Labute approximate surface area is 173 Å². The van der Waals surface area contributed by atoms with E-state index in [1.54, 1.807) is 18.2 Å². The summed E-state index contributed by atoms with van der Waals surface area (Å²) in [4.78, 5) is 11.3. The van der Waals surface area contributed by atoms with E-state index in [0.29, 0.717) is 19.3 Å². The number of hydrogen-bond donors (Lipinski definition) is 1. The Morgan fingerprint density at radius 2 is 1.52 bits per heavy atom. The molecule has 0 heterocycles. The molecule has 0 aliphatic heterocycles. The molecule has 0 spiro atoms. The highest BCUT2D eigenvalue weighted by Crippen LogP contribution is 2.39. The molecule has 4 rings (SSSR count). The zero-order chi connectivity index (χ0) is 22.3. The molecule has 0 aromatic heterocycles. The van der Waals surface area contributed by atoms with Crippen molar-refractivity contribution in [1.29, 1.82) is 0 Å².